The Morgan fingerprint density at radius 1 is 1.26 bits per heavy atom. The summed E-state index contributed by atoms with van der Waals surface area (Å²) in [5, 5.41) is 12.9. The highest BCUT2D eigenvalue weighted by Gasteiger charge is 2.14. The lowest BCUT2D eigenvalue weighted by Gasteiger charge is -2.13. The summed E-state index contributed by atoms with van der Waals surface area (Å²) in [5.41, 5.74) is 1.22. The van der Waals surface area contributed by atoms with Gasteiger partial charge in [0.15, 0.2) is 11.6 Å². The van der Waals surface area contributed by atoms with Crippen LogP contribution in [0.25, 0.3) is 10.9 Å². The zero-order valence-electron chi connectivity index (χ0n) is 14.4. The summed E-state index contributed by atoms with van der Waals surface area (Å²) in [5.74, 6) is -2.62. The summed E-state index contributed by atoms with van der Waals surface area (Å²) in [6.07, 6.45) is 0.0846. The molecule has 6 nitrogen and oxygen atoms in total. The Morgan fingerprint density at radius 2 is 2.04 bits per heavy atom. The molecule has 140 valence electrons. The van der Waals surface area contributed by atoms with E-state index in [0.717, 1.165) is 17.7 Å². The second-order valence-corrected chi connectivity index (χ2v) is 6.14. The lowest BCUT2D eigenvalue weighted by Crippen LogP contribution is -2.34. The van der Waals surface area contributed by atoms with Crippen molar-refractivity contribution in [2.45, 2.75) is 19.6 Å². The molecule has 0 spiro atoms. The van der Waals surface area contributed by atoms with Crippen molar-refractivity contribution in [3.8, 4) is 0 Å². The van der Waals surface area contributed by atoms with Gasteiger partial charge in [-0.1, -0.05) is 18.2 Å². The maximum atomic E-state index is 13.2. The van der Waals surface area contributed by atoms with Gasteiger partial charge in [-0.3, -0.25) is 14.2 Å². The minimum atomic E-state index is -1.21. The standard InChI is InChI=1S/C19H17F2N3O3/c1-11-3-2-4-13-18(11)23-10-24(19(13)27)9-17(26)22-8-16(25)12-5-6-14(20)15(21)7-12/h2-7,10,16,25H,8-9H2,1H3,(H,22,26)/t16-/m1/s1. The number of halogens is 2. The maximum absolute atomic E-state index is 13.2. The fourth-order valence-electron chi connectivity index (χ4n) is 2.71. The Balaban J connectivity index is 1.67. The lowest BCUT2D eigenvalue weighted by atomic mass is 10.1. The van der Waals surface area contributed by atoms with Gasteiger partial charge in [0.2, 0.25) is 5.91 Å². The number of aliphatic hydroxyl groups excluding tert-OH is 1. The van der Waals surface area contributed by atoms with Gasteiger partial charge in [-0.15, -0.1) is 0 Å². The van der Waals surface area contributed by atoms with Crippen molar-refractivity contribution in [2.24, 2.45) is 0 Å². The fourth-order valence-corrected chi connectivity index (χ4v) is 2.71. The third-order valence-electron chi connectivity index (χ3n) is 4.19. The van der Waals surface area contributed by atoms with Crippen LogP contribution in [0.2, 0.25) is 0 Å². The van der Waals surface area contributed by atoms with Crippen molar-refractivity contribution >= 4 is 16.8 Å². The molecule has 0 fully saturated rings. The molecule has 0 aliphatic heterocycles. The summed E-state index contributed by atoms with van der Waals surface area (Å²) in [6, 6.07) is 8.22. The van der Waals surface area contributed by atoms with Gasteiger partial charge in [0.1, 0.15) is 6.54 Å². The molecule has 1 atom stereocenters. The molecule has 0 aliphatic carbocycles. The van der Waals surface area contributed by atoms with E-state index in [2.05, 4.69) is 10.3 Å². The van der Waals surface area contributed by atoms with Gasteiger partial charge in [0.05, 0.1) is 23.3 Å². The van der Waals surface area contributed by atoms with E-state index in [-0.39, 0.29) is 24.2 Å². The number of benzene rings is 2. The van der Waals surface area contributed by atoms with Gasteiger partial charge in [-0.25, -0.2) is 13.8 Å². The molecule has 1 heterocycles. The Labute approximate surface area is 153 Å². The molecule has 0 saturated heterocycles. The minimum absolute atomic E-state index is 0.134. The van der Waals surface area contributed by atoms with Crippen molar-refractivity contribution in [1.29, 1.82) is 0 Å². The Bertz CT molecular complexity index is 1070. The predicted octanol–water partition coefficient (Wildman–Crippen LogP) is 1.83. The van der Waals surface area contributed by atoms with Gasteiger partial charge in [-0.05, 0) is 36.2 Å². The van der Waals surface area contributed by atoms with E-state index in [1.807, 2.05) is 13.0 Å². The molecule has 0 radical (unpaired) electrons. The molecule has 8 heteroatoms. The molecule has 3 rings (SSSR count). The van der Waals surface area contributed by atoms with E-state index >= 15 is 0 Å². The van der Waals surface area contributed by atoms with Gasteiger partial charge in [0.25, 0.3) is 5.56 Å². The Hall–Kier alpha value is -3.13. The molecule has 0 aliphatic rings. The lowest BCUT2D eigenvalue weighted by molar-refractivity contribution is -0.122. The van der Waals surface area contributed by atoms with E-state index in [4.69, 9.17) is 0 Å². The van der Waals surface area contributed by atoms with Crippen LogP contribution >= 0.6 is 0 Å². The van der Waals surface area contributed by atoms with Crippen molar-refractivity contribution < 1.29 is 18.7 Å². The van der Waals surface area contributed by atoms with Crippen LogP contribution in [-0.2, 0) is 11.3 Å². The summed E-state index contributed by atoms with van der Waals surface area (Å²) in [6.45, 7) is 1.35. The summed E-state index contributed by atoms with van der Waals surface area (Å²) in [4.78, 5) is 28.8. The van der Waals surface area contributed by atoms with Gasteiger partial charge >= 0.3 is 0 Å². The first kappa shape index (κ1) is 18.7. The first-order chi connectivity index (χ1) is 12.9. The topological polar surface area (TPSA) is 84.2 Å². The van der Waals surface area contributed by atoms with Gasteiger partial charge in [-0.2, -0.15) is 0 Å². The van der Waals surface area contributed by atoms with Crippen LogP contribution in [0.5, 0.6) is 0 Å². The summed E-state index contributed by atoms with van der Waals surface area (Å²) >= 11 is 0. The molecule has 27 heavy (non-hydrogen) atoms. The van der Waals surface area contributed by atoms with Crippen LogP contribution in [0.15, 0.2) is 47.5 Å². The molecular weight excluding hydrogens is 356 g/mol. The van der Waals surface area contributed by atoms with Crippen LogP contribution in [0, 0.1) is 18.6 Å². The third-order valence-corrected chi connectivity index (χ3v) is 4.19. The number of amides is 1. The quantitative estimate of drug-likeness (QED) is 0.715. The smallest absolute Gasteiger partial charge is 0.261 e. The molecule has 0 saturated carbocycles. The molecule has 1 aromatic heterocycles. The number of aryl methyl sites for hydroxylation is 1. The minimum Gasteiger partial charge on any atom is -0.387 e. The van der Waals surface area contributed by atoms with Gasteiger partial charge < -0.3 is 10.4 Å². The van der Waals surface area contributed by atoms with Crippen molar-refractivity contribution in [3.05, 3.63) is 75.8 Å². The maximum Gasteiger partial charge on any atom is 0.261 e. The van der Waals surface area contributed by atoms with E-state index in [1.165, 1.54) is 17.0 Å². The Kier molecular flexibility index (Phi) is 5.27. The fraction of sp³-hybridized carbons (Fsp3) is 0.211. The number of carbonyl (C=O) groups is 1. The highest BCUT2D eigenvalue weighted by molar-refractivity contribution is 5.81. The molecular formula is C19H17F2N3O3. The second kappa shape index (κ2) is 7.63. The number of fused-ring (bicyclic) bond motifs is 1. The largest absolute Gasteiger partial charge is 0.387 e. The monoisotopic (exact) mass is 373 g/mol. The first-order valence-electron chi connectivity index (χ1n) is 8.21. The highest BCUT2D eigenvalue weighted by Crippen LogP contribution is 2.15. The SMILES string of the molecule is Cc1cccc2c(=O)n(CC(=O)NC[C@@H](O)c3ccc(F)c(F)c3)cnc12. The molecule has 0 unspecified atom stereocenters. The van der Waals surface area contributed by atoms with Crippen molar-refractivity contribution in [3.63, 3.8) is 0 Å². The average Bonchev–Trinajstić information content (AvgIpc) is 2.65. The molecule has 2 aromatic carbocycles. The van der Waals surface area contributed by atoms with E-state index < -0.39 is 23.6 Å². The summed E-state index contributed by atoms with van der Waals surface area (Å²) in [7, 11) is 0. The number of aliphatic hydroxyl groups is 1. The second-order valence-electron chi connectivity index (χ2n) is 6.14. The number of rotatable bonds is 5. The van der Waals surface area contributed by atoms with Crippen molar-refractivity contribution in [2.75, 3.05) is 6.54 Å². The van der Waals surface area contributed by atoms with Crippen LogP contribution in [0.4, 0.5) is 8.78 Å². The summed E-state index contributed by atoms with van der Waals surface area (Å²) < 4.78 is 27.3. The number of hydrogen-bond acceptors (Lipinski definition) is 4. The van der Waals surface area contributed by atoms with Crippen LogP contribution in [-0.4, -0.2) is 27.1 Å². The van der Waals surface area contributed by atoms with E-state index in [1.54, 1.807) is 12.1 Å². The zero-order chi connectivity index (χ0) is 19.6. The van der Waals surface area contributed by atoms with Gasteiger partial charge in [0, 0.05) is 6.54 Å². The van der Waals surface area contributed by atoms with E-state index in [0.29, 0.717) is 10.9 Å². The third kappa shape index (κ3) is 4.01. The predicted molar refractivity (Wildman–Crippen MR) is 95.1 cm³/mol. The zero-order valence-corrected chi connectivity index (χ0v) is 14.4. The number of carbonyl (C=O) groups excluding carboxylic acids is 1. The number of nitrogens with zero attached hydrogens (tertiary/aromatic N) is 2. The number of hydrogen-bond donors (Lipinski definition) is 2. The number of aromatic nitrogens is 2. The number of nitrogens with one attached hydrogen (secondary N) is 1. The van der Waals surface area contributed by atoms with Crippen LogP contribution in [0.1, 0.15) is 17.2 Å². The van der Waals surface area contributed by atoms with Crippen molar-refractivity contribution in [1.82, 2.24) is 14.9 Å². The normalized spacial score (nSPS) is 12.1. The average molecular weight is 373 g/mol. The highest BCUT2D eigenvalue weighted by atomic mass is 19.2. The van der Waals surface area contributed by atoms with Crippen LogP contribution < -0.4 is 10.9 Å². The molecule has 0 bridgehead atoms. The molecule has 1 amide bonds. The molecule has 3 aromatic rings. The van der Waals surface area contributed by atoms with Crippen LogP contribution in [0.3, 0.4) is 0 Å². The number of para-hydroxylation sites is 1. The van der Waals surface area contributed by atoms with E-state index in [9.17, 15) is 23.5 Å². The Morgan fingerprint density at radius 3 is 2.78 bits per heavy atom. The first-order valence-corrected chi connectivity index (χ1v) is 8.21. The molecule has 2 N–H and O–H groups in total.